The van der Waals surface area contributed by atoms with Gasteiger partial charge in [-0.2, -0.15) is 0 Å². The average Bonchev–Trinajstić information content (AvgIpc) is 2.88. The SMILES string of the molecule is [C-]#[N+]/C=C/c1ccc(Nc2cc3c(cn2)ncn3C)cc1. The van der Waals surface area contributed by atoms with E-state index in [2.05, 4.69) is 20.1 Å². The van der Waals surface area contributed by atoms with Gasteiger partial charge in [0.2, 0.25) is 0 Å². The number of hydrogen-bond acceptors (Lipinski definition) is 3. The van der Waals surface area contributed by atoms with E-state index in [1.807, 2.05) is 41.9 Å². The van der Waals surface area contributed by atoms with E-state index in [-0.39, 0.29) is 0 Å². The normalized spacial score (nSPS) is 10.9. The molecule has 1 N–H and O–H groups in total. The van der Waals surface area contributed by atoms with Crippen LogP contribution < -0.4 is 5.32 Å². The molecule has 0 aliphatic heterocycles. The molecule has 5 heteroatoms. The smallest absolute Gasteiger partial charge is 0.154 e. The van der Waals surface area contributed by atoms with Crippen LogP contribution in [0.1, 0.15) is 5.56 Å². The lowest BCUT2D eigenvalue weighted by Gasteiger charge is -2.06. The van der Waals surface area contributed by atoms with Crippen LogP contribution in [0.2, 0.25) is 0 Å². The zero-order valence-corrected chi connectivity index (χ0v) is 11.5. The van der Waals surface area contributed by atoms with Crippen LogP contribution in [0.5, 0.6) is 0 Å². The van der Waals surface area contributed by atoms with Gasteiger partial charge in [-0.25, -0.2) is 14.8 Å². The van der Waals surface area contributed by atoms with Gasteiger partial charge in [-0.1, -0.05) is 18.2 Å². The van der Waals surface area contributed by atoms with Crippen LogP contribution in [0.25, 0.3) is 22.0 Å². The third kappa shape index (κ3) is 2.74. The molecule has 0 saturated heterocycles. The first-order chi connectivity index (χ1) is 10.3. The number of rotatable bonds is 3. The van der Waals surface area contributed by atoms with Gasteiger partial charge >= 0.3 is 0 Å². The number of imidazole rings is 1. The van der Waals surface area contributed by atoms with E-state index >= 15 is 0 Å². The quantitative estimate of drug-likeness (QED) is 0.743. The van der Waals surface area contributed by atoms with Gasteiger partial charge in [-0.05, 0) is 17.7 Å². The maximum atomic E-state index is 6.72. The number of aromatic nitrogens is 3. The van der Waals surface area contributed by atoms with Crippen molar-refractivity contribution in [3.05, 3.63) is 66.0 Å². The molecule has 5 nitrogen and oxygen atoms in total. The molecule has 1 aromatic carbocycles. The Morgan fingerprint density at radius 3 is 2.81 bits per heavy atom. The zero-order chi connectivity index (χ0) is 14.7. The molecular weight excluding hydrogens is 262 g/mol. The number of nitrogens with zero attached hydrogens (tertiary/aromatic N) is 4. The van der Waals surface area contributed by atoms with Gasteiger partial charge in [0.25, 0.3) is 0 Å². The Kier molecular flexibility index (Phi) is 3.36. The number of anilines is 2. The molecule has 2 heterocycles. The molecule has 0 amide bonds. The minimum atomic E-state index is 0.774. The van der Waals surface area contributed by atoms with Gasteiger partial charge in [0.1, 0.15) is 11.3 Å². The fourth-order valence-corrected chi connectivity index (χ4v) is 2.05. The van der Waals surface area contributed by atoms with E-state index in [0.29, 0.717) is 0 Å². The van der Waals surface area contributed by atoms with Crippen LogP contribution in [0.15, 0.2) is 49.1 Å². The van der Waals surface area contributed by atoms with E-state index in [1.165, 1.54) is 6.20 Å². The van der Waals surface area contributed by atoms with Gasteiger partial charge < -0.3 is 9.88 Å². The van der Waals surface area contributed by atoms with Crippen LogP contribution in [0.3, 0.4) is 0 Å². The van der Waals surface area contributed by atoms with Gasteiger partial charge in [0, 0.05) is 18.8 Å². The lowest BCUT2D eigenvalue weighted by molar-refractivity contribution is 0.947. The summed E-state index contributed by atoms with van der Waals surface area (Å²) >= 11 is 0. The molecule has 3 aromatic rings. The zero-order valence-electron chi connectivity index (χ0n) is 11.5. The Labute approximate surface area is 122 Å². The summed E-state index contributed by atoms with van der Waals surface area (Å²) < 4.78 is 1.96. The Morgan fingerprint density at radius 2 is 2.05 bits per heavy atom. The van der Waals surface area contributed by atoms with E-state index in [9.17, 15) is 0 Å². The average molecular weight is 275 g/mol. The minimum Gasteiger partial charge on any atom is -0.340 e. The molecule has 0 saturated carbocycles. The third-order valence-corrected chi connectivity index (χ3v) is 3.14. The van der Waals surface area contributed by atoms with Gasteiger partial charge in [0.05, 0.1) is 24.6 Å². The number of benzene rings is 1. The number of pyridine rings is 1. The summed E-state index contributed by atoms with van der Waals surface area (Å²) in [5, 5.41) is 3.26. The Bertz CT molecular complexity index is 837. The molecule has 0 atom stereocenters. The highest BCUT2D eigenvalue weighted by atomic mass is 15.0. The molecule has 0 radical (unpaired) electrons. The van der Waals surface area contributed by atoms with Crippen LogP contribution in [-0.4, -0.2) is 14.5 Å². The first kappa shape index (κ1) is 12.9. The summed E-state index contributed by atoms with van der Waals surface area (Å²) in [6.45, 7) is 6.72. The van der Waals surface area contributed by atoms with Gasteiger partial charge in [-0.15, -0.1) is 0 Å². The maximum absolute atomic E-state index is 6.72. The highest BCUT2D eigenvalue weighted by Gasteiger charge is 2.02. The van der Waals surface area contributed by atoms with Crippen molar-refractivity contribution in [2.24, 2.45) is 7.05 Å². The summed E-state index contributed by atoms with van der Waals surface area (Å²) in [7, 11) is 1.96. The maximum Gasteiger partial charge on any atom is 0.154 e. The van der Waals surface area contributed by atoms with Crippen molar-refractivity contribution in [3.8, 4) is 0 Å². The van der Waals surface area contributed by atoms with Gasteiger partial charge in [0.15, 0.2) is 6.20 Å². The van der Waals surface area contributed by atoms with Crippen molar-refractivity contribution >= 4 is 28.6 Å². The molecule has 0 bridgehead atoms. The van der Waals surface area contributed by atoms with Crippen molar-refractivity contribution in [3.63, 3.8) is 0 Å². The second-order valence-corrected chi connectivity index (χ2v) is 4.61. The highest BCUT2D eigenvalue weighted by Crippen LogP contribution is 2.19. The molecule has 0 spiro atoms. The second-order valence-electron chi connectivity index (χ2n) is 4.61. The number of hydrogen-bond donors (Lipinski definition) is 1. The van der Waals surface area contributed by atoms with Crippen LogP contribution in [0.4, 0.5) is 11.5 Å². The van der Waals surface area contributed by atoms with Crippen LogP contribution in [0, 0.1) is 6.57 Å². The largest absolute Gasteiger partial charge is 0.340 e. The Hall–Kier alpha value is -3.13. The molecule has 0 aliphatic carbocycles. The number of fused-ring (bicyclic) bond motifs is 1. The van der Waals surface area contributed by atoms with Crippen molar-refractivity contribution in [1.29, 1.82) is 0 Å². The first-order valence-corrected chi connectivity index (χ1v) is 6.43. The Morgan fingerprint density at radius 1 is 1.24 bits per heavy atom. The second kappa shape index (κ2) is 5.47. The summed E-state index contributed by atoms with van der Waals surface area (Å²) in [5.74, 6) is 0.774. The molecular formula is C16H13N5. The predicted molar refractivity (Wildman–Crippen MR) is 83.9 cm³/mol. The van der Waals surface area contributed by atoms with Crippen molar-refractivity contribution in [2.75, 3.05) is 5.32 Å². The molecule has 0 fully saturated rings. The van der Waals surface area contributed by atoms with E-state index in [0.717, 1.165) is 28.1 Å². The predicted octanol–water partition coefficient (Wildman–Crippen LogP) is 3.60. The summed E-state index contributed by atoms with van der Waals surface area (Å²) in [4.78, 5) is 11.8. The molecule has 2 aromatic heterocycles. The molecule has 3 rings (SSSR count). The number of aryl methyl sites for hydroxylation is 1. The third-order valence-electron chi connectivity index (χ3n) is 3.14. The lowest BCUT2D eigenvalue weighted by atomic mass is 10.2. The van der Waals surface area contributed by atoms with Crippen LogP contribution >= 0.6 is 0 Å². The van der Waals surface area contributed by atoms with Crippen molar-refractivity contribution < 1.29 is 0 Å². The Balaban J connectivity index is 1.83. The fraction of sp³-hybridized carbons (Fsp3) is 0.0625. The summed E-state index contributed by atoms with van der Waals surface area (Å²) in [6.07, 6.45) is 6.75. The molecule has 21 heavy (non-hydrogen) atoms. The molecule has 0 unspecified atom stereocenters. The standard InChI is InChI=1S/C16H13N5/c1-17-8-7-12-3-5-13(6-4-12)20-16-9-15-14(10-18-16)19-11-21(15)2/h3-11H,2H3,(H,18,20)/b8-7+. The fourth-order valence-electron chi connectivity index (χ4n) is 2.05. The molecule has 102 valence electrons. The lowest BCUT2D eigenvalue weighted by Crippen LogP contribution is -1.94. The summed E-state index contributed by atoms with van der Waals surface area (Å²) in [5.41, 5.74) is 3.85. The number of nitrogens with one attached hydrogen (secondary N) is 1. The summed E-state index contributed by atoms with van der Waals surface area (Å²) in [6, 6.07) is 9.78. The molecule has 0 aliphatic rings. The van der Waals surface area contributed by atoms with Gasteiger partial charge in [-0.3, -0.25) is 0 Å². The van der Waals surface area contributed by atoms with E-state index in [1.54, 1.807) is 18.6 Å². The first-order valence-electron chi connectivity index (χ1n) is 6.43. The van der Waals surface area contributed by atoms with Crippen molar-refractivity contribution in [1.82, 2.24) is 14.5 Å². The van der Waals surface area contributed by atoms with Crippen molar-refractivity contribution in [2.45, 2.75) is 0 Å². The van der Waals surface area contributed by atoms with E-state index < -0.39 is 0 Å². The van der Waals surface area contributed by atoms with E-state index in [4.69, 9.17) is 6.57 Å². The topological polar surface area (TPSA) is 47.1 Å². The highest BCUT2D eigenvalue weighted by molar-refractivity contribution is 5.78. The monoisotopic (exact) mass is 275 g/mol. The van der Waals surface area contributed by atoms with Crippen LogP contribution in [-0.2, 0) is 7.05 Å². The minimum absolute atomic E-state index is 0.774.